The number of rotatable bonds is 6. The number of nitrogens with one attached hydrogen (secondary N) is 1. The van der Waals surface area contributed by atoms with Crippen LogP contribution in [0.15, 0.2) is 95.8 Å². The van der Waals surface area contributed by atoms with Crippen LogP contribution >= 0.6 is 7.52 Å². The van der Waals surface area contributed by atoms with Gasteiger partial charge in [-0.1, -0.05) is 54.6 Å². The first-order valence-corrected chi connectivity index (χ1v) is 11.1. The van der Waals surface area contributed by atoms with E-state index in [1.165, 1.54) is 4.68 Å². The molecule has 1 atom stereocenters. The number of hydrogen-bond acceptors (Lipinski definition) is 3. The standard InChI is InChI=1S/C23H22N3O3P/c1-18-22(23(27)26(25(18)2)19-12-6-3-7-13-19)24-30(28,21-16-10-5-11-17-21)29-20-14-8-4-9-15-20/h3-17H,1-2H3,(H,24,28). The van der Waals surface area contributed by atoms with E-state index in [9.17, 15) is 9.36 Å². The summed E-state index contributed by atoms with van der Waals surface area (Å²) in [6.07, 6.45) is 0. The fourth-order valence-corrected chi connectivity index (χ4v) is 5.05. The van der Waals surface area contributed by atoms with Crippen molar-refractivity contribution < 1.29 is 9.09 Å². The normalized spacial score (nSPS) is 12.9. The molecule has 1 aromatic heterocycles. The lowest BCUT2D eigenvalue weighted by molar-refractivity contribution is 0.498. The van der Waals surface area contributed by atoms with E-state index >= 15 is 0 Å². The average molecular weight is 419 g/mol. The molecule has 0 saturated carbocycles. The largest absolute Gasteiger partial charge is 0.426 e. The monoisotopic (exact) mass is 419 g/mol. The number of anilines is 1. The lowest BCUT2D eigenvalue weighted by Crippen LogP contribution is -2.23. The van der Waals surface area contributed by atoms with E-state index in [0.717, 1.165) is 5.69 Å². The Labute approximate surface area is 174 Å². The van der Waals surface area contributed by atoms with Crippen LogP contribution in [0.1, 0.15) is 5.69 Å². The van der Waals surface area contributed by atoms with Gasteiger partial charge in [0.15, 0.2) is 0 Å². The molecule has 30 heavy (non-hydrogen) atoms. The first-order valence-electron chi connectivity index (χ1n) is 9.52. The molecule has 6 nitrogen and oxygen atoms in total. The van der Waals surface area contributed by atoms with Crippen LogP contribution < -0.4 is 20.5 Å². The summed E-state index contributed by atoms with van der Waals surface area (Å²) in [6.45, 7) is 1.81. The molecule has 0 aliphatic carbocycles. The Hall–Kier alpha value is -3.50. The predicted octanol–water partition coefficient (Wildman–Crippen LogP) is 4.49. The maximum atomic E-state index is 14.0. The molecule has 0 bridgehead atoms. The van der Waals surface area contributed by atoms with Gasteiger partial charge in [0, 0.05) is 7.05 Å². The third kappa shape index (κ3) is 3.70. The molecule has 1 N–H and O–H groups in total. The second-order valence-electron chi connectivity index (χ2n) is 6.84. The first-order chi connectivity index (χ1) is 14.5. The number of aromatic nitrogens is 2. The Morgan fingerprint density at radius 1 is 0.833 bits per heavy atom. The van der Waals surface area contributed by atoms with Crippen molar-refractivity contribution in [3.8, 4) is 11.4 Å². The molecule has 4 rings (SSSR count). The molecule has 4 aromatic rings. The van der Waals surface area contributed by atoms with Gasteiger partial charge in [-0.05, 0) is 43.3 Å². The summed E-state index contributed by atoms with van der Waals surface area (Å²) < 4.78 is 23.2. The van der Waals surface area contributed by atoms with Crippen LogP contribution in [-0.2, 0) is 11.6 Å². The van der Waals surface area contributed by atoms with Crippen LogP contribution in [-0.4, -0.2) is 9.36 Å². The molecule has 0 aliphatic rings. The van der Waals surface area contributed by atoms with E-state index in [1.807, 2.05) is 42.5 Å². The zero-order valence-electron chi connectivity index (χ0n) is 16.7. The van der Waals surface area contributed by atoms with Crippen LogP contribution in [0.25, 0.3) is 5.69 Å². The fourth-order valence-electron chi connectivity index (χ4n) is 3.24. The Morgan fingerprint density at radius 2 is 1.37 bits per heavy atom. The summed E-state index contributed by atoms with van der Waals surface area (Å²) >= 11 is 0. The molecule has 0 radical (unpaired) electrons. The minimum absolute atomic E-state index is 0.240. The average Bonchev–Trinajstić information content (AvgIpc) is 2.98. The highest BCUT2D eigenvalue weighted by Gasteiger charge is 2.31. The number of benzene rings is 3. The highest BCUT2D eigenvalue weighted by atomic mass is 31.2. The maximum Gasteiger partial charge on any atom is 0.371 e. The Morgan fingerprint density at radius 3 is 1.97 bits per heavy atom. The van der Waals surface area contributed by atoms with Crippen molar-refractivity contribution in [1.82, 2.24) is 9.36 Å². The quantitative estimate of drug-likeness (QED) is 0.468. The summed E-state index contributed by atoms with van der Waals surface area (Å²) in [5.74, 6) is 0.453. The minimum Gasteiger partial charge on any atom is -0.426 e. The third-order valence-corrected chi connectivity index (χ3v) is 6.85. The highest BCUT2D eigenvalue weighted by Crippen LogP contribution is 2.46. The van der Waals surface area contributed by atoms with Gasteiger partial charge in [0.25, 0.3) is 5.56 Å². The minimum atomic E-state index is -3.64. The summed E-state index contributed by atoms with van der Waals surface area (Å²) in [4.78, 5) is 13.3. The molecule has 3 aromatic carbocycles. The molecule has 152 valence electrons. The molecule has 0 spiro atoms. The predicted molar refractivity (Wildman–Crippen MR) is 120 cm³/mol. The van der Waals surface area contributed by atoms with Crippen LogP contribution in [0.4, 0.5) is 5.69 Å². The van der Waals surface area contributed by atoms with E-state index in [4.69, 9.17) is 4.52 Å². The molecule has 0 saturated heterocycles. The van der Waals surface area contributed by atoms with E-state index in [2.05, 4.69) is 5.09 Å². The van der Waals surface area contributed by atoms with Crippen molar-refractivity contribution in [1.29, 1.82) is 0 Å². The second-order valence-corrected chi connectivity index (χ2v) is 8.87. The molecule has 0 amide bonds. The SMILES string of the molecule is Cc1c(NP(=O)(Oc2ccccc2)c2ccccc2)c(=O)n(-c2ccccc2)n1C. The smallest absolute Gasteiger partial charge is 0.371 e. The van der Waals surface area contributed by atoms with Crippen LogP contribution in [0, 0.1) is 6.92 Å². The summed E-state index contributed by atoms with van der Waals surface area (Å²) in [6, 6.07) is 27.1. The molecular formula is C23H22N3O3P. The number of para-hydroxylation sites is 2. The van der Waals surface area contributed by atoms with Gasteiger partial charge in [-0.25, -0.2) is 9.25 Å². The number of nitrogens with zero attached hydrogens (tertiary/aromatic N) is 2. The fraction of sp³-hybridized carbons (Fsp3) is 0.0870. The topological polar surface area (TPSA) is 65.3 Å². The number of hydrogen-bond donors (Lipinski definition) is 1. The molecule has 7 heteroatoms. The van der Waals surface area contributed by atoms with Gasteiger partial charge in [0.2, 0.25) is 0 Å². The van der Waals surface area contributed by atoms with Gasteiger partial charge >= 0.3 is 7.52 Å². The Balaban J connectivity index is 1.81. The van der Waals surface area contributed by atoms with E-state index in [0.29, 0.717) is 16.7 Å². The van der Waals surface area contributed by atoms with E-state index in [-0.39, 0.29) is 11.2 Å². The van der Waals surface area contributed by atoms with Gasteiger partial charge in [0.1, 0.15) is 11.4 Å². The highest BCUT2D eigenvalue weighted by molar-refractivity contribution is 7.68. The third-order valence-electron chi connectivity index (χ3n) is 4.89. The van der Waals surface area contributed by atoms with Crippen LogP contribution in [0.3, 0.4) is 0 Å². The van der Waals surface area contributed by atoms with Crippen molar-refractivity contribution in [2.24, 2.45) is 7.05 Å². The van der Waals surface area contributed by atoms with Gasteiger partial charge < -0.3 is 4.52 Å². The molecule has 0 aliphatic heterocycles. The zero-order chi connectivity index (χ0) is 21.1. The van der Waals surface area contributed by atoms with Crippen molar-refractivity contribution in [3.05, 3.63) is 107 Å². The summed E-state index contributed by atoms with van der Waals surface area (Å²) in [5.41, 5.74) is 1.31. The molecular weight excluding hydrogens is 397 g/mol. The summed E-state index contributed by atoms with van der Waals surface area (Å²) in [5, 5.41) is 3.44. The second kappa shape index (κ2) is 8.09. The summed E-state index contributed by atoms with van der Waals surface area (Å²) in [7, 11) is -1.85. The van der Waals surface area contributed by atoms with Crippen molar-refractivity contribution in [2.45, 2.75) is 6.92 Å². The van der Waals surface area contributed by atoms with Gasteiger partial charge in [-0.2, -0.15) is 0 Å². The van der Waals surface area contributed by atoms with Gasteiger partial charge in [-0.15, -0.1) is 0 Å². The zero-order valence-corrected chi connectivity index (χ0v) is 17.6. The van der Waals surface area contributed by atoms with E-state index in [1.54, 1.807) is 67.2 Å². The Bertz CT molecular complexity index is 1250. The first kappa shape index (κ1) is 19.8. The van der Waals surface area contributed by atoms with E-state index < -0.39 is 7.52 Å². The van der Waals surface area contributed by atoms with Crippen molar-refractivity contribution >= 4 is 18.5 Å². The lowest BCUT2D eigenvalue weighted by Gasteiger charge is -2.21. The van der Waals surface area contributed by atoms with Gasteiger partial charge in [0.05, 0.1) is 16.7 Å². The van der Waals surface area contributed by atoms with Crippen LogP contribution in [0.5, 0.6) is 5.75 Å². The van der Waals surface area contributed by atoms with Crippen molar-refractivity contribution in [3.63, 3.8) is 0 Å². The lowest BCUT2D eigenvalue weighted by atomic mass is 10.3. The Kier molecular flexibility index (Phi) is 5.34. The van der Waals surface area contributed by atoms with Crippen molar-refractivity contribution in [2.75, 3.05) is 5.09 Å². The molecule has 1 heterocycles. The van der Waals surface area contributed by atoms with Gasteiger partial charge in [-0.3, -0.25) is 14.6 Å². The molecule has 1 unspecified atom stereocenters. The molecule has 0 fully saturated rings. The maximum absolute atomic E-state index is 14.0. The van der Waals surface area contributed by atoms with Crippen LogP contribution in [0.2, 0.25) is 0 Å².